The number of rotatable bonds is 5. The van der Waals surface area contributed by atoms with Crippen molar-refractivity contribution < 1.29 is 18.3 Å². The molecule has 7 heteroatoms. The molecule has 0 saturated carbocycles. The van der Waals surface area contributed by atoms with Crippen molar-refractivity contribution >= 4 is 39.1 Å². The summed E-state index contributed by atoms with van der Waals surface area (Å²) in [5, 5.41) is 10.3. The number of sulfonamides is 1. The molecule has 0 spiro atoms. The highest BCUT2D eigenvalue weighted by Gasteiger charge is 2.16. The first-order chi connectivity index (χ1) is 9.88. The molecule has 2 rings (SSSR count). The van der Waals surface area contributed by atoms with Crippen LogP contribution < -0.4 is 4.72 Å². The number of hydrogen-bond donors (Lipinski definition) is 2. The minimum absolute atomic E-state index is 0.230. The predicted molar refractivity (Wildman–Crippen MR) is 83.0 cm³/mol. The zero-order valence-corrected chi connectivity index (χ0v) is 12.7. The monoisotopic (exact) mass is 323 g/mol. The molecule has 0 aliphatic heterocycles. The average Bonchev–Trinajstić information content (AvgIpc) is 2.94. The van der Waals surface area contributed by atoms with Crippen molar-refractivity contribution in [2.45, 2.75) is 11.1 Å². The van der Waals surface area contributed by atoms with Crippen molar-refractivity contribution in [3.8, 4) is 0 Å². The van der Waals surface area contributed by atoms with Crippen molar-refractivity contribution in [3.63, 3.8) is 0 Å². The second-order valence-corrected chi connectivity index (χ2v) is 7.14. The normalized spacial score (nSPS) is 11.7. The third kappa shape index (κ3) is 3.93. The Morgan fingerprint density at radius 1 is 1.33 bits per heavy atom. The van der Waals surface area contributed by atoms with Gasteiger partial charge >= 0.3 is 5.97 Å². The number of thiophene rings is 1. The van der Waals surface area contributed by atoms with Crippen LogP contribution in [0.3, 0.4) is 0 Å². The van der Waals surface area contributed by atoms with E-state index < -0.39 is 16.0 Å². The average molecular weight is 323 g/mol. The summed E-state index contributed by atoms with van der Waals surface area (Å²) in [4.78, 5) is 10.5. The summed E-state index contributed by atoms with van der Waals surface area (Å²) in [5.74, 6) is -1.06. The zero-order chi connectivity index (χ0) is 15.5. The first-order valence-electron chi connectivity index (χ1n) is 5.96. The summed E-state index contributed by atoms with van der Waals surface area (Å²) in [7, 11) is -3.61. The lowest BCUT2D eigenvalue weighted by Gasteiger charge is -2.10. The van der Waals surface area contributed by atoms with Gasteiger partial charge in [0.1, 0.15) is 4.21 Å². The van der Waals surface area contributed by atoms with Gasteiger partial charge in [-0.05, 0) is 41.6 Å². The third-order valence-electron chi connectivity index (χ3n) is 2.68. The summed E-state index contributed by atoms with van der Waals surface area (Å²) in [6.45, 7) is 1.77. The van der Waals surface area contributed by atoms with Gasteiger partial charge in [-0.15, -0.1) is 11.3 Å². The van der Waals surface area contributed by atoms with Gasteiger partial charge in [-0.1, -0.05) is 18.2 Å². The Hall–Kier alpha value is -2.12. The quantitative estimate of drug-likeness (QED) is 0.829. The molecule has 2 aromatic rings. The summed E-state index contributed by atoms with van der Waals surface area (Å²) < 4.78 is 27.1. The number of aliphatic carboxylic acids is 1. The molecule has 0 unspecified atom stereocenters. The minimum Gasteiger partial charge on any atom is -0.478 e. The van der Waals surface area contributed by atoms with Crippen LogP contribution >= 0.6 is 11.3 Å². The van der Waals surface area contributed by atoms with Crippen molar-refractivity contribution in [2.24, 2.45) is 0 Å². The maximum absolute atomic E-state index is 12.2. The standard InChI is InChI=1S/C14H13NO4S2/c1-10-4-5-11(6-7-13(16)17)9-12(10)15-21(18,19)14-3-2-8-20-14/h2-9,15H,1H3,(H,16,17). The summed E-state index contributed by atoms with van der Waals surface area (Å²) >= 11 is 1.13. The Morgan fingerprint density at radius 3 is 2.71 bits per heavy atom. The number of carboxylic acid groups (broad SMARTS) is 1. The van der Waals surface area contributed by atoms with Gasteiger partial charge in [0.25, 0.3) is 10.0 Å². The van der Waals surface area contributed by atoms with Crippen LogP contribution in [-0.2, 0) is 14.8 Å². The van der Waals surface area contributed by atoms with E-state index in [2.05, 4.69) is 4.72 Å². The molecule has 110 valence electrons. The van der Waals surface area contributed by atoms with Gasteiger partial charge in [0.05, 0.1) is 5.69 Å². The van der Waals surface area contributed by atoms with Crippen LogP contribution in [0.5, 0.6) is 0 Å². The largest absolute Gasteiger partial charge is 0.478 e. The van der Waals surface area contributed by atoms with Crippen molar-refractivity contribution in [2.75, 3.05) is 4.72 Å². The van der Waals surface area contributed by atoms with Gasteiger partial charge < -0.3 is 5.11 Å². The molecule has 1 aromatic carbocycles. The first kappa shape index (κ1) is 15.3. The Morgan fingerprint density at radius 2 is 2.10 bits per heavy atom. The van der Waals surface area contributed by atoms with E-state index in [0.29, 0.717) is 11.3 Å². The SMILES string of the molecule is Cc1ccc(C=CC(=O)O)cc1NS(=O)(=O)c1cccs1. The van der Waals surface area contributed by atoms with Crippen LogP contribution in [0.15, 0.2) is 46.0 Å². The molecule has 1 heterocycles. The number of anilines is 1. The number of carboxylic acids is 1. The van der Waals surface area contributed by atoms with E-state index in [-0.39, 0.29) is 4.21 Å². The predicted octanol–water partition coefficient (Wildman–Crippen LogP) is 2.96. The van der Waals surface area contributed by atoms with Crippen molar-refractivity contribution in [3.05, 3.63) is 52.9 Å². The lowest BCUT2D eigenvalue weighted by atomic mass is 10.1. The smallest absolute Gasteiger partial charge is 0.328 e. The highest BCUT2D eigenvalue weighted by atomic mass is 32.2. The van der Waals surface area contributed by atoms with Crippen LogP contribution in [0.25, 0.3) is 6.08 Å². The molecule has 0 atom stereocenters. The Bertz CT molecular complexity index is 777. The zero-order valence-electron chi connectivity index (χ0n) is 11.1. The van der Waals surface area contributed by atoms with Gasteiger partial charge in [0.15, 0.2) is 0 Å². The van der Waals surface area contributed by atoms with Gasteiger partial charge in [-0.25, -0.2) is 13.2 Å². The van der Waals surface area contributed by atoms with Gasteiger partial charge in [-0.3, -0.25) is 4.72 Å². The molecule has 0 aliphatic rings. The second kappa shape index (κ2) is 6.11. The Kier molecular flexibility index (Phi) is 4.44. The molecule has 0 aliphatic carbocycles. The summed E-state index contributed by atoms with van der Waals surface area (Å²) in [6, 6.07) is 8.24. The number of carbonyl (C=O) groups is 1. The van der Waals surface area contributed by atoms with Crippen LogP contribution in [0.4, 0.5) is 5.69 Å². The highest BCUT2D eigenvalue weighted by molar-refractivity contribution is 7.94. The molecular formula is C14H13NO4S2. The van der Waals surface area contributed by atoms with E-state index in [9.17, 15) is 13.2 Å². The lowest BCUT2D eigenvalue weighted by Crippen LogP contribution is -2.12. The Labute approximate surface area is 126 Å². The molecule has 21 heavy (non-hydrogen) atoms. The molecule has 2 N–H and O–H groups in total. The second-order valence-electron chi connectivity index (χ2n) is 4.28. The maximum Gasteiger partial charge on any atom is 0.328 e. The van der Waals surface area contributed by atoms with Crippen molar-refractivity contribution in [1.29, 1.82) is 0 Å². The van der Waals surface area contributed by atoms with Crippen LogP contribution in [0, 0.1) is 6.92 Å². The molecule has 1 aromatic heterocycles. The van der Waals surface area contributed by atoms with Gasteiger partial charge in [-0.2, -0.15) is 0 Å². The summed E-state index contributed by atoms with van der Waals surface area (Å²) in [5.41, 5.74) is 1.78. The lowest BCUT2D eigenvalue weighted by molar-refractivity contribution is -0.131. The van der Waals surface area contributed by atoms with Crippen LogP contribution in [0.2, 0.25) is 0 Å². The van der Waals surface area contributed by atoms with Crippen molar-refractivity contribution in [1.82, 2.24) is 0 Å². The number of benzene rings is 1. The number of nitrogens with one attached hydrogen (secondary N) is 1. The fourth-order valence-corrected chi connectivity index (χ4v) is 3.75. The Balaban J connectivity index is 2.32. The van der Waals surface area contributed by atoms with E-state index in [1.807, 2.05) is 0 Å². The van der Waals surface area contributed by atoms with E-state index in [4.69, 9.17) is 5.11 Å². The number of aryl methyl sites for hydroxylation is 1. The fraction of sp³-hybridized carbons (Fsp3) is 0.0714. The maximum atomic E-state index is 12.2. The molecule has 5 nitrogen and oxygen atoms in total. The van der Waals surface area contributed by atoms with Gasteiger partial charge in [0.2, 0.25) is 0 Å². The number of hydrogen-bond acceptors (Lipinski definition) is 4. The summed E-state index contributed by atoms with van der Waals surface area (Å²) in [6.07, 6.45) is 2.41. The minimum atomic E-state index is -3.61. The topological polar surface area (TPSA) is 83.5 Å². The van der Waals surface area contributed by atoms with E-state index >= 15 is 0 Å². The molecule has 0 radical (unpaired) electrons. The molecule has 0 fully saturated rings. The van der Waals surface area contributed by atoms with Crippen LogP contribution in [-0.4, -0.2) is 19.5 Å². The molecule has 0 saturated heterocycles. The first-order valence-corrected chi connectivity index (χ1v) is 8.33. The molecule has 0 amide bonds. The van der Waals surface area contributed by atoms with Gasteiger partial charge in [0, 0.05) is 6.08 Å². The fourth-order valence-electron chi connectivity index (χ4n) is 1.63. The van der Waals surface area contributed by atoms with E-state index in [0.717, 1.165) is 23.0 Å². The third-order valence-corrected chi connectivity index (χ3v) is 5.45. The highest BCUT2D eigenvalue weighted by Crippen LogP contribution is 2.24. The van der Waals surface area contributed by atoms with E-state index in [1.54, 1.807) is 36.6 Å². The molecule has 0 bridgehead atoms. The molecular weight excluding hydrogens is 310 g/mol. The van der Waals surface area contributed by atoms with E-state index in [1.165, 1.54) is 12.1 Å². The van der Waals surface area contributed by atoms with Crippen LogP contribution in [0.1, 0.15) is 11.1 Å².